The minimum atomic E-state index is -0.449. The maximum Gasteiger partial charge on any atom is 0.293 e. The van der Waals surface area contributed by atoms with E-state index in [2.05, 4.69) is 25.4 Å². The molecule has 0 aromatic carbocycles. The molecule has 1 heteroatoms. The van der Waals surface area contributed by atoms with Crippen LogP contribution in [0.25, 0.3) is 0 Å². The molecule has 9 heavy (non-hydrogen) atoms. The zero-order chi connectivity index (χ0) is 7.11. The topological polar surface area (TPSA) is 0 Å². The molecule has 0 radical (unpaired) electrons. The Morgan fingerprint density at radius 3 is 1.89 bits per heavy atom. The van der Waals surface area contributed by atoms with E-state index in [4.69, 9.17) is 0 Å². The highest BCUT2D eigenvalue weighted by atomic mass is 27.2. The fourth-order valence-corrected chi connectivity index (χ4v) is 3.36. The van der Waals surface area contributed by atoms with E-state index in [1.54, 1.807) is 0 Å². The van der Waals surface area contributed by atoms with Crippen molar-refractivity contribution in [3.8, 4) is 0 Å². The van der Waals surface area contributed by atoms with Crippen molar-refractivity contribution >= 4 is 14.1 Å². The zero-order valence-electron chi connectivity index (χ0n) is 6.69. The van der Waals surface area contributed by atoms with Crippen LogP contribution in [0.15, 0.2) is 11.5 Å². The fraction of sp³-hybridized carbons (Fsp3) is 0.750. The number of hydrogen-bond donors (Lipinski definition) is 0. The Labute approximate surface area is 63.4 Å². The molecule has 0 bridgehead atoms. The summed E-state index contributed by atoms with van der Waals surface area (Å²) in [4.78, 5) is 2.23. The van der Waals surface area contributed by atoms with Crippen molar-refractivity contribution < 1.29 is 0 Å². The second kappa shape index (κ2) is 6.39. The van der Waals surface area contributed by atoms with Crippen LogP contribution in [0.1, 0.15) is 26.7 Å². The summed E-state index contributed by atoms with van der Waals surface area (Å²) in [5.74, 6) is 0. The molecule has 0 amide bonds. The van der Waals surface area contributed by atoms with E-state index in [1.807, 2.05) is 0 Å². The summed E-state index contributed by atoms with van der Waals surface area (Å²) in [5.41, 5.74) is 0. The Balaban J connectivity index is 3.29. The number of hydrogen-bond acceptors (Lipinski definition) is 0. The van der Waals surface area contributed by atoms with Gasteiger partial charge in [-0.1, -0.05) is 37.3 Å². The van der Waals surface area contributed by atoms with Crippen molar-refractivity contribution in [1.82, 2.24) is 0 Å². The van der Waals surface area contributed by atoms with Crippen molar-refractivity contribution in [2.24, 2.45) is 0 Å². The maximum atomic E-state index is 3.86. The molecule has 0 aliphatic heterocycles. The van der Waals surface area contributed by atoms with Gasteiger partial charge in [-0.3, -0.25) is 0 Å². The summed E-state index contributed by atoms with van der Waals surface area (Å²) in [6.07, 6.45) is 2.70. The van der Waals surface area contributed by atoms with Crippen LogP contribution < -0.4 is 0 Å². The standard InChI is InChI=1S/2C3H7.C2H3.Al/c2*1-3-2;1-2;/h2*1,3H2,2H3;1H,2H2;. The molecular weight excluding hydrogens is 123 g/mol. The van der Waals surface area contributed by atoms with Crippen LogP contribution in [-0.2, 0) is 0 Å². The van der Waals surface area contributed by atoms with Crippen molar-refractivity contribution in [3.05, 3.63) is 11.5 Å². The largest absolute Gasteiger partial charge is 0.293 e. The predicted molar refractivity (Wildman–Crippen MR) is 46.1 cm³/mol. The molecule has 0 aromatic heterocycles. The molecule has 52 valence electrons. The monoisotopic (exact) mass is 140 g/mol. The third-order valence-corrected chi connectivity index (χ3v) is 4.96. The smallest absolute Gasteiger partial charge is 0.151 e. The van der Waals surface area contributed by atoms with E-state index >= 15 is 0 Å². The Bertz CT molecular complexity index is 63.0. The Morgan fingerprint density at radius 2 is 1.67 bits per heavy atom. The average Bonchev–Trinajstić information content (AvgIpc) is 1.88. The summed E-state index contributed by atoms with van der Waals surface area (Å²) in [5, 5.41) is 2.91. The molecule has 0 unspecified atom stereocenters. The molecule has 0 fully saturated rings. The molecule has 0 aromatic rings. The van der Waals surface area contributed by atoms with Crippen molar-refractivity contribution in [2.75, 3.05) is 0 Å². The van der Waals surface area contributed by atoms with Gasteiger partial charge in [0, 0.05) is 0 Å². The van der Waals surface area contributed by atoms with Crippen LogP contribution in [0, 0.1) is 0 Å². The first kappa shape index (κ1) is 9.27. The molecule has 0 saturated heterocycles. The highest BCUT2D eigenvalue weighted by molar-refractivity contribution is 6.64. The van der Waals surface area contributed by atoms with Gasteiger partial charge in [-0.2, -0.15) is 4.94 Å². The second-order valence-corrected chi connectivity index (χ2v) is 5.72. The molecular formula is C8H17Al. The van der Waals surface area contributed by atoms with Crippen LogP contribution >= 0.6 is 0 Å². The third-order valence-electron chi connectivity index (χ3n) is 1.65. The fourth-order valence-electron chi connectivity index (χ4n) is 1.12. The average molecular weight is 140 g/mol. The lowest BCUT2D eigenvalue weighted by molar-refractivity contribution is 1.01. The molecule has 0 nitrogen and oxygen atoms in total. The van der Waals surface area contributed by atoms with Crippen molar-refractivity contribution in [1.29, 1.82) is 0 Å². The minimum absolute atomic E-state index is 0.449. The minimum Gasteiger partial charge on any atom is -0.151 e. The summed E-state index contributed by atoms with van der Waals surface area (Å²) < 4.78 is 0. The normalized spacial score (nSPS) is 9.11. The summed E-state index contributed by atoms with van der Waals surface area (Å²) in [7, 11) is 0. The van der Waals surface area contributed by atoms with Crippen LogP contribution in [0.3, 0.4) is 0 Å². The molecule has 0 atom stereocenters. The van der Waals surface area contributed by atoms with E-state index in [-0.39, 0.29) is 0 Å². The van der Waals surface area contributed by atoms with E-state index in [0.717, 1.165) is 0 Å². The predicted octanol–water partition coefficient (Wildman–Crippen LogP) is 3.03. The Morgan fingerprint density at radius 1 is 1.22 bits per heavy atom. The van der Waals surface area contributed by atoms with E-state index in [0.29, 0.717) is 0 Å². The van der Waals surface area contributed by atoms with Gasteiger partial charge in [0.25, 0.3) is 14.1 Å². The van der Waals surface area contributed by atoms with Gasteiger partial charge in [-0.25, -0.2) is 0 Å². The summed E-state index contributed by atoms with van der Waals surface area (Å²) >= 11 is -0.449. The molecule has 0 heterocycles. The van der Waals surface area contributed by atoms with Gasteiger partial charge in [-0.15, -0.1) is 6.58 Å². The van der Waals surface area contributed by atoms with Crippen LogP contribution in [0.5, 0.6) is 0 Å². The van der Waals surface area contributed by atoms with Crippen molar-refractivity contribution in [3.63, 3.8) is 0 Å². The van der Waals surface area contributed by atoms with Gasteiger partial charge >= 0.3 is 0 Å². The quantitative estimate of drug-likeness (QED) is 0.515. The molecule has 0 spiro atoms. The first-order valence-electron chi connectivity index (χ1n) is 3.97. The van der Waals surface area contributed by atoms with Gasteiger partial charge in [0.1, 0.15) is 0 Å². The lowest BCUT2D eigenvalue weighted by atomic mass is 10.6. The summed E-state index contributed by atoms with van der Waals surface area (Å²) in [6.45, 7) is 8.39. The van der Waals surface area contributed by atoms with E-state index in [9.17, 15) is 0 Å². The zero-order valence-corrected chi connectivity index (χ0v) is 7.84. The van der Waals surface area contributed by atoms with E-state index < -0.39 is 14.1 Å². The van der Waals surface area contributed by atoms with Crippen LogP contribution in [-0.4, -0.2) is 14.1 Å². The van der Waals surface area contributed by atoms with Gasteiger partial charge in [-0.05, 0) is 0 Å². The van der Waals surface area contributed by atoms with Crippen molar-refractivity contribution in [2.45, 2.75) is 37.3 Å². The van der Waals surface area contributed by atoms with Gasteiger partial charge in [0.2, 0.25) is 0 Å². The third kappa shape index (κ3) is 4.76. The Kier molecular flexibility index (Phi) is 6.59. The molecule has 0 aliphatic rings. The van der Waals surface area contributed by atoms with Crippen LogP contribution in [0.4, 0.5) is 0 Å². The molecule has 0 aliphatic carbocycles. The lowest BCUT2D eigenvalue weighted by Crippen LogP contribution is -2.06. The van der Waals surface area contributed by atoms with Gasteiger partial charge in [0.15, 0.2) is 0 Å². The van der Waals surface area contributed by atoms with Gasteiger partial charge < -0.3 is 0 Å². The highest BCUT2D eigenvalue weighted by Crippen LogP contribution is 2.05. The van der Waals surface area contributed by atoms with Crippen LogP contribution in [0.2, 0.25) is 10.6 Å². The lowest BCUT2D eigenvalue weighted by Gasteiger charge is -2.00. The first-order valence-corrected chi connectivity index (χ1v) is 6.27. The maximum absolute atomic E-state index is 3.86. The Hall–Kier alpha value is 0.272. The second-order valence-electron chi connectivity index (χ2n) is 2.57. The highest BCUT2D eigenvalue weighted by Gasteiger charge is 2.08. The van der Waals surface area contributed by atoms with Gasteiger partial charge in [0.05, 0.1) is 0 Å². The summed E-state index contributed by atoms with van der Waals surface area (Å²) in [6, 6.07) is 0. The molecule has 0 N–H and O–H groups in total. The molecule has 0 saturated carbocycles. The number of rotatable bonds is 5. The first-order chi connectivity index (χ1) is 4.35. The molecule has 0 rings (SSSR count). The van der Waals surface area contributed by atoms with E-state index in [1.165, 1.54) is 23.4 Å². The SMILES string of the molecule is C=[CH][Al]([CH2]CC)[CH2]CC.